The highest BCUT2D eigenvalue weighted by Gasteiger charge is 2.08. The van der Waals surface area contributed by atoms with E-state index in [0.29, 0.717) is 22.9 Å². The van der Waals surface area contributed by atoms with Crippen LogP contribution in [0.25, 0.3) is 10.2 Å². The van der Waals surface area contributed by atoms with E-state index in [1.54, 1.807) is 19.1 Å². The minimum atomic E-state index is -0.420. The van der Waals surface area contributed by atoms with Crippen LogP contribution in [0.5, 0.6) is 0 Å². The van der Waals surface area contributed by atoms with Crippen molar-refractivity contribution in [2.75, 3.05) is 23.8 Å². The standard InChI is InChI=1S/C15H18N4O4S/c1-3-23-13(21)6-7-16-14(22)18-10-4-5-12-11(8-10)19-15(24-12)17-9(2)20/h4-5,8H,3,6-7H2,1-2H3,(H2,16,18,22)(H,17,19,20). The second-order valence-corrected chi connectivity index (χ2v) is 5.85. The Hall–Kier alpha value is -2.68. The van der Waals surface area contributed by atoms with Crippen LogP contribution in [0, 0.1) is 0 Å². The number of thiazole rings is 1. The third-order valence-corrected chi connectivity index (χ3v) is 3.80. The van der Waals surface area contributed by atoms with E-state index in [0.717, 1.165) is 4.70 Å². The Labute approximate surface area is 142 Å². The molecular weight excluding hydrogens is 332 g/mol. The topological polar surface area (TPSA) is 109 Å². The summed E-state index contributed by atoms with van der Waals surface area (Å²) < 4.78 is 5.67. The first-order valence-electron chi connectivity index (χ1n) is 7.36. The zero-order valence-corrected chi connectivity index (χ0v) is 14.2. The van der Waals surface area contributed by atoms with Crippen molar-refractivity contribution in [1.29, 1.82) is 0 Å². The van der Waals surface area contributed by atoms with Crippen molar-refractivity contribution in [2.24, 2.45) is 0 Å². The highest BCUT2D eigenvalue weighted by Crippen LogP contribution is 2.28. The maximum Gasteiger partial charge on any atom is 0.319 e. The van der Waals surface area contributed by atoms with E-state index in [1.807, 2.05) is 6.07 Å². The smallest absolute Gasteiger partial charge is 0.319 e. The summed E-state index contributed by atoms with van der Waals surface area (Å²) in [6, 6.07) is 4.84. The molecule has 0 spiro atoms. The monoisotopic (exact) mass is 350 g/mol. The summed E-state index contributed by atoms with van der Waals surface area (Å²) in [4.78, 5) is 38.3. The molecule has 0 atom stereocenters. The molecule has 0 radical (unpaired) electrons. The molecule has 0 aliphatic rings. The first kappa shape index (κ1) is 17.7. The van der Waals surface area contributed by atoms with Crippen LogP contribution < -0.4 is 16.0 Å². The largest absolute Gasteiger partial charge is 0.466 e. The summed E-state index contributed by atoms with van der Waals surface area (Å²) >= 11 is 1.35. The van der Waals surface area contributed by atoms with Crippen LogP contribution in [-0.2, 0) is 14.3 Å². The number of ether oxygens (including phenoxy) is 1. The molecular formula is C15H18N4O4S. The number of esters is 1. The molecule has 128 valence electrons. The van der Waals surface area contributed by atoms with Gasteiger partial charge in [-0.05, 0) is 25.1 Å². The number of hydrogen-bond donors (Lipinski definition) is 3. The number of benzene rings is 1. The number of hydrogen-bond acceptors (Lipinski definition) is 6. The minimum Gasteiger partial charge on any atom is -0.466 e. The highest BCUT2D eigenvalue weighted by atomic mass is 32.1. The fraction of sp³-hybridized carbons (Fsp3) is 0.333. The van der Waals surface area contributed by atoms with Gasteiger partial charge in [0.05, 0.1) is 23.2 Å². The Morgan fingerprint density at radius 3 is 2.75 bits per heavy atom. The maximum absolute atomic E-state index is 11.8. The minimum absolute atomic E-state index is 0.118. The quantitative estimate of drug-likeness (QED) is 0.693. The van der Waals surface area contributed by atoms with Gasteiger partial charge in [-0.3, -0.25) is 9.59 Å². The van der Waals surface area contributed by atoms with Crippen LogP contribution >= 0.6 is 11.3 Å². The molecule has 24 heavy (non-hydrogen) atoms. The molecule has 0 bridgehead atoms. The summed E-state index contributed by atoms with van der Waals surface area (Å²) in [6.07, 6.45) is 0.118. The van der Waals surface area contributed by atoms with Crippen LogP contribution in [-0.4, -0.2) is 36.0 Å². The zero-order valence-electron chi connectivity index (χ0n) is 13.3. The van der Waals surface area contributed by atoms with E-state index in [9.17, 15) is 14.4 Å². The van der Waals surface area contributed by atoms with Crippen molar-refractivity contribution in [2.45, 2.75) is 20.3 Å². The number of urea groups is 1. The van der Waals surface area contributed by atoms with Gasteiger partial charge in [0.25, 0.3) is 0 Å². The SMILES string of the molecule is CCOC(=O)CCNC(=O)Nc1ccc2sc(NC(C)=O)nc2c1. The molecule has 0 saturated carbocycles. The second kappa shape index (κ2) is 8.25. The van der Waals surface area contributed by atoms with Crippen molar-refractivity contribution in [3.8, 4) is 0 Å². The fourth-order valence-corrected chi connectivity index (χ4v) is 2.79. The molecule has 3 amide bonds. The van der Waals surface area contributed by atoms with E-state index < -0.39 is 6.03 Å². The lowest BCUT2D eigenvalue weighted by atomic mass is 10.3. The number of fused-ring (bicyclic) bond motifs is 1. The second-order valence-electron chi connectivity index (χ2n) is 4.82. The van der Waals surface area contributed by atoms with Gasteiger partial charge < -0.3 is 20.7 Å². The molecule has 0 fully saturated rings. The summed E-state index contributed by atoms with van der Waals surface area (Å²) in [5.74, 6) is -0.541. The molecule has 1 aromatic carbocycles. The van der Waals surface area contributed by atoms with Crippen molar-refractivity contribution in [3.05, 3.63) is 18.2 Å². The number of carbonyl (C=O) groups is 3. The summed E-state index contributed by atoms with van der Waals surface area (Å²) in [5, 5.41) is 8.38. The first-order chi connectivity index (χ1) is 11.5. The molecule has 2 aromatic rings. The zero-order chi connectivity index (χ0) is 17.5. The number of nitrogens with zero attached hydrogens (tertiary/aromatic N) is 1. The predicted octanol–water partition coefficient (Wildman–Crippen LogP) is 2.33. The molecule has 3 N–H and O–H groups in total. The summed E-state index contributed by atoms with van der Waals surface area (Å²) in [6.45, 7) is 3.65. The van der Waals surface area contributed by atoms with E-state index in [2.05, 4.69) is 20.9 Å². The van der Waals surface area contributed by atoms with Gasteiger partial charge in [0.2, 0.25) is 5.91 Å². The van der Waals surface area contributed by atoms with E-state index in [4.69, 9.17) is 4.74 Å². The van der Waals surface area contributed by atoms with E-state index in [-0.39, 0.29) is 24.8 Å². The van der Waals surface area contributed by atoms with Gasteiger partial charge in [-0.1, -0.05) is 11.3 Å². The van der Waals surface area contributed by atoms with Gasteiger partial charge in [0.1, 0.15) is 0 Å². The number of aromatic nitrogens is 1. The Bertz CT molecular complexity index is 759. The molecule has 0 saturated heterocycles. The molecule has 1 heterocycles. The number of anilines is 2. The molecule has 0 aliphatic carbocycles. The summed E-state index contributed by atoms with van der Waals surface area (Å²) in [5.41, 5.74) is 1.24. The Balaban J connectivity index is 1.91. The highest BCUT2D eigenvalue weighted by molar-refractivity contribution is 7.22. The predicted molar refractivity (Wildman–Crippen MR) is 92.2 cm³/mol. The third-order valence-electron chi connectivity index (χ3n) is 2.85. The molecule has 0 unspecified atom stereocenters. The Morgan fingerprint density at radius 1 is 1.25 bits per heavy atom. The van der Waals surface area contributed by atoms with Gasteiger partial charge in [-0.2, -0.15) is 0 Å². The summed E-state index contributed by atoms with van der Waals surface area (Å²) in [7, 11) is 0. The van der Waals surface area contributed by atoms with E-state index >= 15 is 0 Å². The maximum atomic E-state index is 11.8. The molecule has 0 aliphatic heterocycles. The first-order valence-corrected chi connectivity index (χ1v) is 8.18. The lowest BCUT2D eigenvalue weighted by Crippen LogP contribution is -2.30. The van der Waals surface area contributed by atoms with Gasteiger partial charge >= 0.3 is 12.0 Å². The Kier molecular flexibility index (Phi) is 6.07. The molecule has 1 aromatic heterocycles. The third kappa shape index (κ3) is 5.20. The lowest BCUT2D eigenvalue weighted by molar-refractivity contribution is -0.142. The number of carbonyl (C=O) groups excluding carboxylic acids is 3. The van der Waals surface area contributed by atoms with Gasteiger partial charge in [-0.25, -0.2) is 9.78 Å². The number of nitrogens with one attached hydrogen (secondary N) is 3. The number of rotatable bonds is 6. The van der Waals surface area contributed by atoms with Crippen LogP contribution in [0.4, 0.5) is 15.6 Å². The van der Waals surface area contributed by atoms with Crippen LogP contribution in [0.1, 0.15) is 20.3 Å². The van der Waals surface area contributed by atoms with Gasteiger partial charge in [0.15, 0.2) is 5.13 Å². The fourth-order valence-electron chi connectivity index (χ4n) is 1.90. The van der Waals surface area contributed by atoms with Crippen molar-refractivity contribution >= 4 is 50.3 Å². The molecule has 9 heteroatoms. The van der Waals surface area contributed by atoms with Crippen LogP contribution in [0.15, 0.2) is 18.2 Å². The normalized spacial score (nSPS) is 10.2. The number of amides is 3. The molecule has 8 nitrogen and oxygen atoms in total. The van der Waals surface area contributed by atoms with Crippen molar-refractivity contribution in [1.82, 2.24) is 10.3 Å². The average Bonchev–Trinajstić information content (AvgIpc) is 2.88. The average molecular weight is 350 g/mol. The Morgan fingerprint density at radius 2 is 2.04 bits per heavy atom. The van der Waals surface area contributed by atoms with Crippen molar-refractivity contribution in [3.63, 3.8) is 0 Å². The molecule has 2 rings (SSSR count). The van der Waals surface area contributed by atoms with Crippen LogP contribution in [0.2, 0.25) is 0 Å². The van der Waals surface area contributed by atoms with E-state index in [1.165, 1.54) is 18.3 Å². The lowest BCUT2D eigenvalue weighted by Gasteiger charge is -2.07. The van der Waals surface area contributed by atoms with Crippen molar-refractivity contribution < 1.29 is 19.1 Å². The van der Waals surface area contributed by atoms with Gasteiger partial charge in [-0.15, -0.1) is 0 Å². The van der Waals surface area contributed by atoms with Gasteiger partial charge in [0, 0.05) is 19.2 Å². The van der Waals surface area contributed by atoms with Crippen LogP contribution in [0.3, 0.4) is 0 Å².